The Balaban J connectivity index is 1.22. The molecule has 5 heteroatoms. The molecule has 2 aromatic carbocycles. The van der Waals surface area contributed by atoms with Crippen molar-refractivity contribution in [3.63, 3.8) is 0 Å². The number of hydrogen-bond acceptors (Lipinski definition) is 5. The van der Waals surface area contributed by atoms with Crippen molar-refractivity contribution in [1.29, 1.82) is 0 Å². The minimum Gasteiger partial charge on any atom is -0.486 e. The monoisotopic (exact) mass is 366 g/mol. The summed E-state index contributed by atoms with van der Waals surface area (Å²) < 4.78 is 11.6. The minimum absolute atomic E-state index is 0.125. The molecule has 1 fully saturated rings. The molecule has 27 heavy (non-hydrogen) atoms. The van der Waals surface area contributed by atoms with E-state index in [9.17, 15) is 5.11 Å². The normalized spacial score (nSPS) is 24.7. The van der Waals surface area contributed by atoms with Crippen LogP contribution in [0.25, 0.3) is 0 Å². The number of nitrogens with one attached hydrogen (secondary N) is 1. The van der Waals surface area contributed by atoms with Crippen molar-refractivity contribution in [1.82, 2.24) is 5.32 Å². The smallest absolute Gasteiger partial charge is 0.184 e. The third-order valence-electron chi connectivity index (χ3n) is 6.03. The lowest BCUT2D eigenvalue weighted by molar-refractivity contribution is 0.132. The summed E-state index contributed by atoms with van der Waals surface area (Å²) in [5.41, 5.74) is 3.49. The van der Waals surface area contributed by atoms with Gasteiger partial charge in [-0.15, -0.1) is 0 Å². The highest BCUT2D eigenvalue weighted by Gasteiger charge is 2.33. The van der Waals surface area contributed by atoms with Gasteiger partial charge >= 0.3 is 0 Å². The molecule has 0 unspecified atom stereocenters. The van der Waals surface area contributed by atoms with Crippen LogP contribution in [0.3, 0.4) is 0 Å². The van der Waals surface area contributed by atoms with Gasteiger partial charge in [0.25, 0.3) is 0 Å². The molecule has 1 saturated heterocycles. The van der Waals surface area contributed by atoms with E-state index >= 15 is 0 Å². The molecule has 2 aromatic rings. The minimum atomic E-state index is -0.397. The molecule has 5 nitrogen and oxygen atoms in total. The Morgan fingerprint density at radius 3 is 2.63 bits per heavy atom. The summed E-state index contributed by atoms with van der Waals surface area (Å²) in [7, 11) is 0. The average molecular weight is 366 g/mol. The van der Waals surface area contributed by atoms with E-state index in [-0.39, 0.29) is 6.04 Å². The lowest BCUT2D eigenvalue weighted by atomic mass is 10.0. The van der Waals surface area contributed by atoms with Gasteiger partial charge in [-0.1, -0.05) is 30.3 Å². The third-order valence-corrected chi connectivity index (χ3v) is 6.03. The maximum atomic E-state index is 10.6. The Hall–Kier alpha value is -2.24. The molecule has 2 N–H and O–H groups in total. The standard InChI is InChI=1S/C22H26N2O3/c25-21-17-5-2-1-4-15(17)14-18(21)23-16-8-10-24(11-9-16)19-6-3-7-20-22(19)27-13-12-26-20/h1-7,16,18,21,23,25H,8-14H2/t18-,21+/m1/s1. The summed E-state index contributed by atoms with van der Waals surface area (Å²) in [6.45, 7) is 3.19. The van der Waals surface area contributed by atoms with Crippen molar-refractivity contribution >= 4 is 5.69 Å². The number of aliphatic hydroxyl groups excluding tert-OH is 1. The van der Waals surface area contributed by atoms with Gasteiger partial charge in [0.1, 0.15) is 13.2 Å². The first-order chi connectivity index (χ1) is 13.3. The van der Waals surface area contributed by atoms with E-state index in [0.29, 0.717) is 19.3 Å². The molecular weight excluding hydrogens is 340 g/mol. The van der Waals surface area contributed by atoms with E-state index in [1.165, 1.54) is 5.56 Å². The van der Waals surface area contributed by atoms with E-state index in [1.807, 2.05) is 24.3 Å². The van der Waals surface area contributed by atoms with Gasteiger partial charge in [0.05, 0.1) is 11.8 Å². The van der Waals surface area contributed by atoms with Crippen molar-refractivity contribution in [2.75, 3.05) is 31.2 Å². The molecule has 0 aromatic heterocycles. The summed E-state index contributed by atoms with van der Waals surface area (Å²) in [5, 5.41) is 14.3. The number of para-hydroxylation sites is 1. The lowest BCUT2D eigenvalue weighted by Crippen LogP contribution is -2.47. The molecule has 2 heterocycles. The second-order valence-electron chi connectivity index (χ2n) is 7.68. The van der Waals surface area contributed by atoms with Crippen LogP contribution in [0.2, 0.25) is 0 Å². The lowest BCUT2D eigenvalue weighted by Gasteiger charge is -2.37. The van der Waals surface area contributed by atoms with Crippen molar-refractivity contribution in [2.24, 2.45) is 0 Å². The summed E-state index contributed by atoms with van der Waals surface area (Å²) in [6, 6.07) is 14.9. The molecule has 0 spiro atoms. The molecule has 2 atom stereocenters. The van der Waals surface area contributed by atoms with Crippen LogP contribution in [0.4, 0.5) is 5.69 Å². The molecule has 2 aliphatic heterocycles. The first kappa shape index (κ1) is 16.9. The second kappa shape index (κ2) is 7.06. The van der Waals surface area contributed by atoms with Gasteiger partial charge in [0.2, 0.25) is 0 Å². The van der Waals surface area contributed by atoms with E-state index in [2.05, 4.69) is 28.4 Å². The largest absolute Gasteiger partial charge is 0.486 e. The van der Waals surface area contributed by atoms with Crippen LogP contribution in [-0.2, 0) is 6.42 Å². The highest BCUT2D eigenvalue weighted by atomic mass is 16.6. The Morgan fingerprint density at radius 1 is 0.963 bits per heavy atom. The van der Waals surface area contributed by atoms with Crippen LogP contribution in [0.15, 0.2) is 42.5 Å². The first-order valence-corrected chi connectivity index (χ1v) is 9.95. The van der Waals surface area contributed by atoms with Crippen LogP contribution < -0.4 is 19.7 Å². The fourth-order valence-electron chi connectivity index (χ4n) is 4.62. The van der Waals surface area contributed by atoms with Crippen molar-refractivity contribution < 1.29 is 14.6 Å². The summed E-state index contributed by atoms with van der Waals surface area (Å²) >= 11 is 0. The van der Waals surface area contributed by atoms with Crippen LogP contribution in [-0.4, -0.2) is 43.5 Å². The maximum absolute atomic E-state index is 10.6. The quantitative estimate of drug-likeness (QED) is 0.875. The van der Waals surface area contributed by atoms with Crippen molar-refractivity contribution in [3.05, 3.63) is 53.6 Å². The number of piperidine rings is 1. The Labute approximate surface area is 159 Å². The van der Waals surface area contributed by atoms with Crippen molar-refractivity contribution in [2.45, 2.75) is 37.5 Å². The summed E-state index contributed by atoms with van der Waals surface area (Å²) in [6.07, 6.45) is 2.63. The summed E-state index contributed by atoms with van der Waals surface area (Å²) in [4.78, 5) is 2.39. The van der Waals surface area contributed by atoms with Gasteiger partial charge in [0, 0.05) is 25.2 Å². The van der Waals surface area contributed by atoms with Gasteiger partial charge in [-0.25, -0.2) is 0 Å². The molecule has 5 rings (SSSR count). The van der Waals surface area contributed by atoms with Crippen LogP contribution >= 0.6 is 0 Å². The van der Waals surface area contributed by atoms with Crippen LogP contribution in [0, 0.1) is 0 Å². The topological polar surface area (TPSA) is 54.0 Å². The molecule has 0 saturated carbocycles. The van der Waals surface area contributed by atoms with Gasteiger partial charge in [-0.3, -0.25) is 0 Å². The number of nitrogens with zero attached hydrogens (tertiary/aromatic N) is 1. The number of hydrogen-bond donors (Lipinski definition) is 2. The van der Waals surface area contributed by atoms with Gasteiger partial charge in [0.15, 0.2) is 11.5 Å². The van der Waals surface area contributed by atoms with Gasteiger partial charge in [-0.2, -0.15) is 0 Å². The molecule has 1 aliphatic carbocycles. The highest BCUT2D eigenvalue weighted by Crippen LogP contribution is 2.40. The predicted octanol–water partition coefficient (Wildman–Crippen LogP) is 2.67. The highest BCUT2D eigenvalue weighted by molar-refractivity contribution is 5.65. The number of benzene rings is 2. The molecule has 0 amide bonds. The molecular formula is C22H26N2O3. The van der Waals surface area contributed by atoms with E-state index in [0.717, 1.165) is 55.1 Å². The number of fused-ring (bicyclic) bond motifs is 2. The van der Waals surface area contributed by atoms with Crippen LogP contribution in [0.1, 0.15) is 30.1 Å². The Kier molecular flexibility index (Phi) is 4.42. The maximum Gasteiger partial charge on any atom is 0.184 e. The van der Waals surface area contributed by atoms with Crippen LogP contribution in [0.5, 0.6) is 11.5 Å². The fraction of sp³-hybridized carbons (Fsp3) is 0.455. The zero-order valence-corrected chi connectivity index (χ0v) is 15.4. The Bertz CT molecular complexity index is 817. The fourth-order valence-corrected chi connectivity index (χ4v) is 4.62. The summed E-state index contributed by atoms with van der Waals surface area (Å²) in [5.74, 6) is 1.74. The van der Waals surface area contributed by atoms with E-state index in [4.69, 9.17) is 9.47 Å². The molecule has 0 radical (unpaired) electrons. The third kappa shape index (κ3) is 3.15. The van der Waals surface area contributed by atoms with Crippen molar-refractivity contribution in [3.8, 4) is 11.5 Å². The van der Waals surface area contributed by atoms with E-state index < -0.39 is 6.10 Å². The number of rotatable bonds is 3. The first-order valence-electron chi connectivity index (χ1n) is 9.95. The van der Waals surface area contributed by atoms with Gasteiger partial charge < -0.3 is 24.8 Å². The zero-order chi connectivity index (χ0) is 18.2. The SMILES string of the molecule is O[C@H]1c2ccccc2C[C@H]1NC1CCN(c2cccc3c2OCCO3)CC1. The number of aliphatic hydroxyl groups is 1. The number of ether oxygens (including phenoxy) is 2. The molecule has 3 aliphatic rings. The zero-order valence-electron chi connectivity index (χ0n) is 15.4. The number of anilines is 1. The van der Waals surface area contributed by atoms with Gasteiger partial charge in [-0.05, 0) is 42.5 Å². The molecule has 0 bridgehead atoms. The molecule has 142 valence electrons. The average Bonchev–Trinajstić information content (AvgIpc) is 3.04. The van der Waals surface area contributed by atoms with E-state index in [1.54, 1.807) is 0 Å². The predicted molar refractivity (Wildman–Crippen MR) is 105 cm³/mol. The second-order valence-corrected chi connectivity index (χ2v) is 7.68. The Morgan fingerprint density at radius 2 is 1.78 bits per heavy atom.